The summed E-state index contributed by atoms with van der Waals surface area (Å²) in [6.45, 7) is 35.4. The molecule has 0 amide bonds. The summed E-state index contributed by atoms with van der Waals surface area (Å²) >= 11 is 0. The van der Waals surface area contributed by atoms with Gasteiger partial charge in [0.25, 0.3) is 40.5 Å². The van der Waals surface area contributed by atoms with Crippen molar-refractivity contribution >= 4 is 130 Å². The van der Waals surface area contributed by atoms with Gasteiger partial charge >= 0.3 is 101 Å². The first-order valence-corrected chi connectivity index (χ1v) is 51.8. The lowest BCUT2D eigenvalue weighted by Crippen LogP contribution is -2.50. The van der Waals surface area contributed by atoms with Crippen molar-refractivity contribution in [1.29, 1.82) is 0 Å². The van der Waals surface area contributed by atoms with Crippen LogP contribution in [0.3, 0.4) is 0 Å². The second-order valence-electron chi connectivity index (χ2n) is 37.6. The predicted molar refractivity (Wildman–Crippen MR) is 448 cm³/mol. The summed E-state index contributed by atoms with van der Waals surface area (Å²) in [5.41, 5.74) is -2.36. The van der Waals surface area contributed by atoms with Crippen LogP contribution in [0.15, 0.2) is 0 Å². The van der Waals surface area contributed by atoms with Crippen LogP contribution in [0.25, 0.3) is 9.69 Å². The molecule has 38 unspecified atom stereocenters. The number of hydrogen-bond acceptors (Lipinski definition) is 45. The van der Waals surface area contributed by atoms with Crippen molar-refractivity contribution in [2.24, 2.45) is 82.9 Å². The standard InChI is InChI=1S/C16H19NO6.C15H17NO7.C15H22O7S.C14H20O7S.2C13H18O8S.CO2/c1-4-8(2)14(19)21-7-11(18)22-12-9-5-10-13(12)23-15(20)16(10,6-9)17-3;1-4-7(2)13(18)20-6-9(17)22-10-8-5-15(16-3)12(21-8)11(10)23-14(15)19;1-4-7(2)15(17)20-6-11(16)21-12-9-5-10-13(12)22-23(18,19)14(10)8(9)3;1-3-7(2)14(16)19-6-11(15)20-12-8-4-9-10(5-8)22(17,18)21-13(9)12;1-4-5(2)12(14)20-8-7-6(13(15)18-3)11-10(19-7)9(8)21-22(11,16)17;1-3-6(2)13(15)18-5-9(14)20-10-7-4-8-11(19-7)12(10)21-22(8,16)17;2-1-3/h8-10,12-13H,4-7H2,1-2H3;7-8,10-12H,4-6H2,1-2H3;7-10,12-14H,4-6H2,1-3H3;7-10,12-13H,3-6H2,1-2H3;5-11H,4H2,1-3H3;6-8,10-12H,3-5H2,1-2H3;. The molecule has 0 radical (unpaired) electrons. The number of rotatable bonds is 29. The van der Waals surface area contributed by atoms with Crippen LogP contribution in [-0.4, -0.2) is 305 Å². The fourth-order valence-electron chi connectivity index (χ4n) is 21.1. The molecule has 18 fully saturated rings. The van der Waals surface area contributed by atoms with E-state index in [9.17, 15) is 101 Å². The van der Waals surface area contributed by atoms with Crippen LogP contribution >= 0.6 is 0 Å². The maximum Gasteiger partial charge on any atom is 0.397 e. The molecule has 0 aromatic rings. The molecule has 38 atom stereocenters. The van der Waals surface area contributed by atoms with E-state index >= 15 is 0 Å². The van der Waals surface area contributed by atoms with Gasteiger partial charge in [0, 0.05) is 36.0 Å². The van der Waals surface area contributed by atoms with Gasteiger partial charge in [-0.25, -0.2) is 46.7 Å². The van der Waals surface area contributed by atoms with E-state index in [1.807, 2.05) is 48.5 Å². The Balaban J connectivity index is 0.000000148. The number of carbonyl (C=O) groups is 14. The summed E-state index contributed by atoms with van der Waals surface area (Å²) in [5.74, 6) is -11.2. The van der Waals surface area contributed by atoms with Crippen molar-refractivity contribution in [3.05, 3.63) is 22.8 Å². The maximum atomic E-state index is 12.1. The maximum absolute atomic E-state index is 12.1. The Hall–Kier alpha value is -9.54. The van der Waals surface area contributed by atoms with Gasteiger partial charge in [-0.15, -0.1) is 0 Å². The summed E-state index contributed by atoms with van der Waals surface area (Å²) in [4.78, 5) is 188. The minimum atomic E-state index is -3.95. The molecule has 12 heterocycles. The van der Waals surface area contributed by atoms with Gasteiger partial charge in [-0.1, -0.05) is 90.0 Å². The molecule has 0 spiro atoms. The van der Waals surface area contributed by atoms with Crippen LogP contribution in [0.1, 0.15) is 173 Å². The van der Waals surface area contributed by atoms with Crippen molar-refractivity contribution in [2.75, 3.05) is 40.1 Å². The second kappa shape index (κ2) is 42.7. The lowest BCUT2D eigenvalue weighted by atomic mass is 9.81. The van der Waals surface area contributed by atoms with Crippen molar-refractivity contribution in [3.63, 3.8) is 0 Å². The molecule has 18 aliphatic rings. The average molecular weight is 2040 g/mol. The number of esters is 14. The molecule has 6 saturated carbocycles. The Morgan fingerprint density at radius 2 is 0.790 bits per heavy atom. The Morgan fingerprint density at radius 1 is 0.391 bits per heavy atom. The predicted octanol–water partition coefficient (Wildman–Crippen LogP) is 1.63. The highest BCUT2D eigenvalue weighted by molar-refractivity contribution is 7.88. The van der Waals surface area contributed by atoms with Gasteiger partial charge in [0.05, 0.1) is 71.6 Å². The number of methoxy groups -OCH3 is 1. The molecule has 766 valence electrons. The highest BCUT2D eigenvalue weighted by atomic mass is 32.2. The molecular weight excluding hydrogens is 1920 g/mol. The van der Waals surface area contributed by atoms with Gasteiger partial charge in [0.1, 0.15) is 83.6 Å². The van der Waals surface area contributed by atoms with Gasteiger partial charge in [0.15, 0.2) is 69.7 Å². The number of fused-ring (bicyclic) bond motifs is 6. The Kier molecular flexibility index (Phi) is 33.2. The number of nitrogens with zero attached hydrogens (tertiary/aromatic N) is 2. The quantitative estimate of drug-likeness (QED) is 0.0444. The van der Waals surface area contributed by atoms with Crippen molar-refractivity contribution < 1.29 is 208 Å². The lowest BCUT2D eigenvalue weighted by Gasteiger charge is -2.29. The van der Waals surface area contributed by atoms with E-state index < -0.39 is 305 Å². The molecule has 12 saturated heterocycles. The first-order valence-electron chi connectivity index (χ1n) is 45.9. The van der Waals surface area contributed by atoms with Crippen LogP contribution < -0.4 is 0 Å². The third-order valence-electron chi connectivity index (χ3n) is 29.6. The van der Waals surface area contributed by atoms with Crippen LogP contribution in [0.2, 0.25) is 0 Å². The van der Waals surface area contributed by atoms with E-state index in [2.05, 4.69) is 14.4 Å². The smallest absolute Gasteiger partial charge is 0.397 e. The van der Waals surface area contributed by atoms with Crippen LogP contribution in [0.4, 0.5) is 0 Å². The molecule has 0 N–H and O–H groups in total. The fourth-order valence-corrected chi connectivity index (χ4v) is 28.6. The molecule has 0 aromatic carbocycles. The molecule has 6 aliphatic carbocycles. The van der Waals surface area contributed by atoms with Gasteiger partial charge in [-0.3, -0.25) is 60.0 Å². The SMILES string of the molecule is CCC(C)C(=O)OC1C2OS(=O)(=O)C3C2OC1C3C(=O)OC.CCC(C)C(=O)OCC(=O)OC1C2CC3C(O2)C1OS3(=O)=O.CCC(C)C(=O)OCC(=O)OC1C2CC3C1OS(=O)(=O)C3C2.CCC(C)C(=O)OCC(=O)OC1C2CC3C1OS(=O)(=O)C3C2C.O=C=O.[C-]#[N+]C12CC3CC1C(OC2=O)C3OC(=O)COC(=O)C(C)CC.[C-]#[N+]C12CC3OC1C(OC2=O)C3OC(=O)COC(=O)C(C)CC. The summed E-state index contributed by atoms with van der Waals surface area (Å²) in [5, 5.41) is -2.68. The summed E-state index contributed by atoms with van der Waals surface area (Å²) < 4.78 is 204. The second-order valence-corrected chi connectivity index (χ2v) is 44.6. The van der Waals surface area contributed by atoms with Crippen LogP contribution in [-0.2, 0) is 214 Å². The Morgan fingerprint density at radius 3 is 1.27 bits per heavy atom. The third kappa shape index (κ3) is 20.8. The minimum absolute atomic E-state index is 0.0125. The van der Waals surface area contributed by atoms with Gasteiger partial charge < -0.3 is 80.5 Å². The highest BCUT2D eigenvalue weighted by Gasteiger charge is 2.81. The number of carbonyl (C=O) groups excluding carboxylic acids is 16. The van der Waals surface area contributed by atoms with Crippen LogP contribution in [0, 0.1) is 96.0 Å². The zero-order chi connectivity index (χ0) is 102. The molecule has 0 aromatic heterocycles. The molecule has 47 nitrogen and oxygen atoms in total. The normalized spacial score (nSPS) is 38.6. The van der Waals surface area contributed by atoms with E-state index in [0.29, 0.717) is 70.6 Å². The zero-order valence-electron chi connectivity index (χ0n) is 77.9. The van der Waals surface area contributed by atoms with Gasteiger partial charge in [-0.05, 0) is 76.5 Å². The Labute approximate surface area is 795 Å². The van der Waals surface area contributed by atoms with Crippen molar-refractivity contribution in [2.45, 2.75) is 315 Å². The molecule has 18 rings (SSSR count). The van der Waals surface area contributed by atoms with Crippen molar-refractivity contribution in [1.82, 2.24) is 0 Å². The van der Waals surface area contributed by atoms with E-state index in [1.54, 1.807) is 41.5 Å². The first kappa shape index (κ1) is 107. The van der Waals surface area contributed by atoms with Gasteiger partial charge in [0.2, 0.25) is 0 Å². The molecule has 12 bridgehead atoms. The van der Waals surface area contributed by atoms with Crippen LogP contribution in [0.5, 0.6) is 0 Å². The largest absolute Gasteiger partial charge is 0.469 e. The molecule has 12 aliphatic heterocycles. The van der Waals surface area contributed by atoms with E-state index in [-0.39, 0.29) is 95.9 Å². The molecule has 138 heavy (non-hydrogen) atoms. The summed E-state index contributed by atoms with van der Waals surface area (Å²) in [6, 6.07) is 0. The number of ether oxygens (including phenoxy) is 17. The lowest BCUT2D eigenvalue weighted by molar-refractivity contribution is -0.192. The zero-order valence-corrected chi connectivity index (χ0v) is 81.2. The highest BCUT2D eigenvalue weighted by Crippen LogP contribution is 2.62. The summed E-state index contributed by atoms with van der Waals surface area (Å²) in [6.07, 6.45) is -4.84. The van der Waals surface area contributed by atoms with E-state index in [4.69, 9.17) is 115 Å². The topological polar surface area (TPSA) is 612 Å². The minimum Gasteiger partial charge on any atom is -0.469 e. The monoisotopic (exact) mass is 2030 g/mol. The Bertz CT molecular complexity index is 5110. The average Bonchev–Trinajstić information content (AvgIpc) is 1.57. The summed E-state index contributed by atoms with van der Waals surface area (Å²) in [7, 11) is -13.5. The first-order chi connectivity index (χ1) is 65.0. The molecular formula is C87H114N2O45S4. The fraction of sp³-hybridized carbons (Fsp3) is 0.805. The van der Waals surface area contributed by atoms with Crippen molar-refractivity contribution in [3.8, 4) is 0 Å². The number of hydrogen-bond donors (Lipinski definition) is 0. The van der Waals surface area contributed by atoms with E-state index in [1.165, 1.54) is 7.11 Å². The third-order valence-corrected chi connectivity index (χ3v) is 36.8. The van der Waals surface area contributed by atoms with Gasteiger partial charge in [-0.2, -0.15) is 43.3 Å². The molecule has 51 heteroatoms. The van der Waals surface area contributed by atoms with E-state index in [0.717, 1.165) is 0 Å².